The lowest BCUT2D eigenvalue weighted by Crippen LogP contribution is -2.15. The summed E-state index contributed by atoms with van der Waals surface area (Å²) in [5.41, 5.74) is 1.85. The van der Waals surface area contributed by atoms with E-state index in [-0.39, 0.29) is 17.6 Å². The van der Waals surface area contributed by atoms with Crippen molar-refractivity contribution in [2.24, 2.45) is 0 Å². The van der Waals surface area contributed by atoms with Crippen LogP contribution in [-0.4, -0.2) is 35.6 Å². The van der Waals surface area contributed by atoms with Crippen LogP contribution in [0.15, 0.2) is 60.8 Å². The van der Waals surface area contributed by atoms with E-state index in [1.807, 2.05) is 6.07 Å². The number of nitrogens with one attached hydrogen (secondary N) is 2. The van der Waals surface area contributed by atoms with Crippen molar-refractivity contribution in [3.63, 3.8) is 0 Å². The number of para-hydroxylation sites is 2. The van der Waals surface area contributed by atoms with Gasteiger partial charge in [-0.25, -0.2) is 14.8 Å². The fourth-order valence-corrected chi connectivity index (χ4v) is 2.51. The van der Waals surface area contributed by atoms with Gasteiger partial charge in [-0.3, -0.25) is 4.79 Å². The molecule has 2 aromatic carbocycles. The second-order valence-corrected chi connectivity index (χ2v) is 5.84. The molecule has 1 amide bonds. The maximum absolute atomic E-state index is 12.5. The predicted molar refractivity (Wildman–Crippen MR) is 109 cm³/mol. The predicted octanol–water partition coefficient (Wildman–Crippen LogP) is 3.66. The molecule has 148 valence electrons. The average Bonchev–Trinajstić information content (AvgIpc) is 2.75. The van der Waals surface area contributed by atoms with Gasteiger partial charge in [0.1, 0.15) is 11.4 Å². The van der Waals surface area contributed by atoms with Crippen molar-refractivity contribution in [2.75, 3.05) is 24.4 Å². The standard InChI is InChI=1S/C21H20N4O4/c1-3-29-20(27)14-8-10-15(11-9-14)23-21-22-13-12-17(25-21)19(26)24-16-6-4-5-7-18(16)28-2/h4-13H,3H2,1-2H3,(H,24,26)(H,22,23,25). The molecule has 0 fully saturated rings. The van der Waals surface area contributed by atoms with Crippen LogP contribution in [0.1, 0.15) is 27.8 Å². The van der Waals surface area contributed by atoms with E-state index in [4.69, 9.17) is 9.47 Å². The number of ether oxygens (including phenoxy) is 2. The lowest BCUT2D eigenvalue weighted by molar-refractivity contribution is 0.0526. The minimum absolute atomic E-state index is 0.191. The van der Waals surface area contributed by atoms with Crippen LogP contribution in [0.2, 0.25) is 0 Å². The van der Waals surface area contributed by atoms with Gasteiger partial charge < -0.3 is 20.1 Å². The zero-order chi connectivity index (χ0) is 20.6. The molecule has 29 heavy (non-hydrogen) atoms. The van der Waals surface area contributed by atoms with Crippen molar-refractivity contribution in [3.05, 3.63) is 72.1 Å². The van der Waals surface area contributed by atoms with E-state index < -0.39 is 5.91 Å². The fraction of sp³-hybridized carbons (Fsp3) is 0.143. The van der Waals surface area contributed by atoms with Crippen molar-refractivity contribution in [1.29, 1.82) is 0 Å². The minimum Gasteiger partial charge on any atom is -0.495 e. The first kappa shape index (κ1) is 19.8. The number of aromatic nitrogens is 2. The van der Waals surface area contributed by atoms with E-state index in [1.165, 1.54) is 19.4 Å². The van der Waals surface area contributed by atoms with Gasteiger partial charge in [0.05, 0.1) is 25.0 Å². The molecule has 0 saturated heterocycles. The third kappa shape index (κ3) is 5.07. The molecule has 0 aliphatic rings. The van der Waals surface area contributed by atoms with Gasteiger partial charge in [-0.15, -0.1) is 0 Å². The van der Waals surface area contributed by atoms with Crippen molar-refractivity contribution in [3.8, 4) is 5.75 Å². The second-order valence-electron chi connectivity index (χ2n) is 5.84. The molecule has 3 aromatic rings. The molecular formula is C21H20N4O4. The maximum Gasteiger partial charge on any atom is 0.338 e. The molecule has 0 unspecified atom stereocenters. The Balaban J connectivity index is 1.71. The van der Waals surface area contributed by atoms with Crippen LogP contribution < -0.4 is 15.4 Å². The number of hydrogen-bond donors (Lipinski definition) is 2. The number of hydrogen-bond acceptors (Lipinski definition) is 7. The lowest BCUT2D eigenvalue weighted by atomic mass is 10.2. The largest absolute Gasteiger partial charge is 0.495 e. The lowest BCUT2D eigenvalue weighted by Gasteiger charge is -2.10. The Morgan fingerprint density at radius 1 is 1.03 bits per heavy atom. The Kier molecular flexibility index (Phi) is 6.36. The summed E-state index contributed by atoms with van der Waals surface area (Å²) in [5.74, 6) is 0.0272. The van der Waals surface area contributed by atoms with E-state index >= 15 is 0 Å². The first-order valence-electron chi connectivity index (χ1n) is 8.92. The van der Waals surface area contributed by atoms with Crippen LogP contribution in [0.5, 0.6) is 5.75 Å². The molecular weight excluding hydrogens is 372 g/mol. The van der Waals surface area contributed by atoms with Crippen molar-refractivity contribution in [2.45, 2.75) is 6.92 Å². The number of carbonyl (C=O) groups excluding carboxylic acids is 2. The van der Waals surface area contributed by atoms with Crippen LogP contribution in [0.3, 0.4) is 0 Å². The van der Waals surface area contributed by atoms with E-state index in [9.17, 15) is 9.59 Å². The number of anilines is 3. The third-order valence-electron chi connectivity index (χ3n) is 3.90. The Labute approximate surface area is 167 Å². The highest BCUT2D eigenvalue weighted by molar-refractivity contribution is 6.03. The summed E-state index contributed by atoms with van der Waals surface area (Å²) in [6, 6.07) is 15.3. The van der Waals surface area contributed by atoms with Gasteiger partial charge in [0.2, 0.25) is 5.95 Å². The molecule has 2 N–H and O–H groups in total. The summed E-state index contributed by atoms with van der Waals surface area (Å²) < 4.78 is 10.2. The van der Waals surface area contributed by atoms with Crippen molar-refractivity contribution >= 4 is 29.2 Å². The highest BCUT2D eigenvalue weighted by Gasteiger charge is 2.12. The summed E-state index contributed by atoms with van der Waals surface area (Å²) in [6.07, 6.45) is 1.49. The molecule has 1 heterocycles. The number of methoxy groups -OCH3 is 1. The molecule has 3 rings (SSSR count). The van der Waals surface area contributed by atoms with Gasteiger partial charge in [0.15, 0.2) is 0 Å². The molecule has 0 saturated carbocycles. The normalized spacial score (nSPS) is 10.1. The first-order chi connectivity index (χ1) is 14.1. The van der Waals surface area contributed by atoms with Gasteiger partial charge in [-0.1, -0.05) is 12.1 Å². The third-order valence-corrected chi connectivity index (χ3v) is 3.90. The van der Waals surface area contributed by atoms with Gasteiger partial charge >= 0.3 is 5.97 Å². The Morgan fingerprint density at radius 2 is 1.79 bits per heavy atom. The van der Waals surface area contributed by atoms with Crippen LogP contribution >= 0.6 is 0 Å². The monoisotopic (exact) mass is 392 g/mol. The topological polar surface area (TPSA) is 102 Å². The molecule has 8 nitrogen and oxygen atoms in total. The molecule has 8 heteroatoms. The highest BCUT2D eigenvalue weighted by Crippen LogP contribution is 2.23. The van der Waals surface area contributed by atoms with Crippen LogP contribution in [0, 0.1) is 0 Å². The molecule has 0 atom stereocenters. The quantitative estimate of drug-likeness (QED) is 0.592. The number of amides is 1. The number of rotatable bonds is 7. The molecule has 0 aliphatic heterocycles. The summed E-state index contributed by atoms with van der Waals surface area (Å²) >= 11 is 0. The summed E-state index contributed by atoms with van der Waals surface area (Å²) in [5, 5.41) is 5.77. The van der Waals surface area contributed by atoms with Crippen molar-refractivity contribution in [1.82, 2.24) is 9.97 Å². The summed E-state index contributed by atoms with van der Waals surface area (Å²) in [7, 11) is 1.53. The molecule has 0 bridgehead atoms. The average molecular weight is 392 g/mol. The van der Waals surface area contributed by atoms with Gasteiger partial charge in [-0.05, 0) is 49.4 Å². The smallest absolute Gasteiger partial charge is 0.338 e. The zero-order valence-electron chi connectivity index (χ0n) is 16.0. The molecule has 0 aliphatic carbocycles. The van der Waals surface area contributed by atoms with Gasteiger partial charge in [-0.2, -0.15) is 0 Å². The van der Waals surface area contributed by atoms with E-state index in [2.05, 4.69) is 20.6 Å². The summed E-state index contributed by atoms with van der Waals surface area (Å²) in [4.78, 5) is 32.6. The van der Waals surface area contributed by atoms with Gasteiger partial charge in [0, 0.05) is 11.9 Å². The molecule has 1 aromatic heterocycles. The van der Waals surface area contributed by atoms with Crippen LogP contribution in [0.25, 0.3) is 0 Å². The fourth-order valence-electron chi connectivity index (χ4n) is 2.51. The second kappa shape index (κ2) is 9.32. The van der Waals surface area contributed by atoms with E-state index in [1.54, 1.807) is 49.4 Å². The maximum atomic E-state index is 12.5. The Morgan fingerprint density at radius 3 is 2.52 bits per heavy atom. The van der Waals surface area contributed by atoms with E-state index in [0.717, 1.165) is 0 Å². The number of carbonyl (C=O) groups is 2. The number of benzene rings is 2. The minimum atomic E-state index is -0.391. The number of esters is 1. The van der Waals surface area contributed by atoms with Crippen LogP contribution in [-0.2, 0) is 4.74 Å². The zero-order valence-corrected chi connectivity index (χ0v) is 16.0. The Hall–Kier alpha value is -3.94. The SMILES string of the molecule is CCOC(=O)c1ccc(Nc2nccc(C(=O)Nc3ccccc3OC)n2)cc1. The first-order valence-corrected chi connectivity index (χ1v) is 8.92. The van der Waals surface area contributed by atoms with Crippen molar-refractivity contribution < 1.29 is 19.1 Å². The van der Waals surface area contributed by atoms with Crippen LogP contribution in [0.4, 0.5) is 17.3 Å². The number of nitrogens with zero attached hydrogens (tertiary/aromatic N) is 2. The molecule has 0 spiro atoms. The van der Waals surface area contributed by atoms with E-state index in [0.29, 0.717) is 29.3 Å². The Bertz CT molecular complexity index is 1010. The summed E-state index contributed by atoms with van der Waals surface area (Å²) in [6.45, 7) is 2.07. The molecule has 0 radical (unpaired) electrons. The highest BCUT2D eigenvalue weighted by atomic mass is 16.5. The van der Waals surface area contributed by atoms with Gasteiger partial charge in [0.25, 0.3) is 5.91 Å².